The third kappa shape index (κ3) is 2.67. The van der Waals surface area contributed by atoms with E-state index in [1.165, 1.54) is 0 Å². The summed E-state index contributed by atoms with van der Waals surface area (Å²) in [6.07, 6.45) is 0.772. The van der Waals surface area contributed by atoms with Gasteiger partial charge in [-0.1, -0.05) is 6.07 Å². The number of hydrogen-bond acceptors (Lipinski definition) is 3. The highest BCUT2D eigenvalue weighted by molar-refractivity contribution is 6.05. The number of halogens is 2. The lowest BCUT2D eigenvalue weighted by atomic mass is 10.1. The molecule has 1 aliphatic heterocycles. The number of benzene rings is 1. The van der Waals surface area contributed by atoms with Crippen LogP contribution in [0.15, 0.2) is 18.2 Å². The smallest absolute Gasteiger partial charge is 0.229 e. The molecule has 19 heavy (non-hydrogen) atoms. The number of carbonyl (C=O) groups excluding carboxylic acids is 3. The zero-order valence-corrected chi connectivity index (χ0v) is 9.99. The summed E-state index contributed by atoms with van der Waals surface area (Å²) >= 11 is 0. The Hall–Kier alpha value is -2.11. The summed E-state index contributed by atoms with van der Waals surface area (Å²) in [6, 6.07) is 3.05. The van der Waals surface area contributed by atoms with Crippen molar-refractivity contribution >= 4 is 17.6 Å². The minimum Gasteiger partial charge on any atom is -0.292 e. The van der Waals surface area contributed by atoms with Crippen LogP contribution in [0.25, 0.3) is 0 Å². The van der Waals surface area contributed by atoms with Gasteiger partial charge in [-0.3, -0.25) is 19.3 Å². The van der Waals surface area contributed by atoms with E-state index >= 15 is 0 Å². The van der Waals surface area contributed by atoms with E-state index in [4.69, 9.17) is 0 Å². The number of imide groups is 1. The first-order valence-corrected chi connectivity index (χ1v) is 5.81. The summed E-state index contributed by atoms with van der Waals surface area (Å²) in [5, 5.41) is 0. The van der Waals surface area contributed by atoms with Gasteiger partial charge in [0.15, 0.2) is 5.78 Å². The third-order valence-electron chi connectivity index (χ3n) is 2.93. The highest BCUT2D eigenvalue weighted by Crippen LogP contribution is 2.16. The zero-order valence-electron chi connectivity index (χ0n) is 9.99. The van der Waals surface area contributed by atoms with Gasteiger partial charge in [0.05, 0.1) is 12.1 Å². The van der Waals surface area contributed by atoms with E-state index in [-0.39, 0.29) is 12.8 Å². The molecule has 0 N–H and O–H groups in total. The van der Waals surface area contributed by atoms with Crippen molar-refractivity contribution in [3.8, 4) is 0 Å². The number of carbonyl (C=O) groups is 3. The molecule has 0 spiro atoms. The number of hydrogen-bond donors (Lipinski definition) is 0. The molecule has 0 aromatic heterocycles. The zero-order chi connectivity index (χ0) is 14.0. The number of Topliss-reactive ketones (excluding diaryl/α,β-unsaturated/α-hetero) is 1. The molecule has 6 heteroatoms. The predicted octanol–water partition coefficient (Wildman–Crippen LogP) is 1.69. The van der Waals surface area contributed by atoms with Crippen molar-refractivity contribution in [2.24, 2.45) is 0 Å². The second kappa shape index (κ2) is 5.26. The van der Waals surface area contributed by atoms with E-state index in [0.717, 1.165) is 23.1 Å². The number of amides is 2. The van der Waals surface area contributed by atoms with Crippen LogP contribution in [0.4, 0.5) is 8.78 Å². The first kappa shape index (κ1) is 13.3. The van der Waals surface area contributed by atoms with Crippen molar-refractivity contribution in [1.82, 2.24) is 4.90 Å². The van der Waals surface area contributed by atoms with Crippen molar-refractivity contribution in [3.05, 3.63) is 35.4 Å². The lowest BCUT2D eigenvalue weighted by Gasteiger charge is -2.24. The fraction of sp³-hybridized carbons (Fsp3) is 0.308. The summed E-state index contributed by atoms with van der Waals surface area (Å²) in [7, 11) is 0. The predicted molar refractivity (Wildman–Crippen MR) is 61.3 cm³/mol. The Bertz CT molecular complexity index is 521. The second-order valence-corrected chi connectivity index (χ2v) is 4.25. The first-order chi connectivity index (χ1) is 9.00. The van der Waals surface area contributed by atoms with Gasteiger partial charge in [0.2, 0.25) is 11.8 Å². The topological polar surface area (TPSA) is 54.5 Å². The van der Waals surface area contributed by atoms with Crippen molar-refractivity contribution in [1.29, 1.82) is 0 Å². The Morgan fingerprint density at radius 2 is 1.63 bits per heavy atom. The Kier molecular flexibility index (Phi) is 3.69. The van der Waals surface area contributed by atoms with Crippen molar-refractivity contribution in [2.75, 3.05) is 6.54 Å². The van der Waals surface area contributed by atoms with Gasteiger partial charge in [-0.25, -0.2) is 8.78 Å². The summed E-state index contributed by atoms with van der Waals surface area (Å²) < 4.78 is 26.8. The fourth-order valence-corrected chi connectivity index (χ4v) is 1.96. The van der Waals surface area contributed by atoms with Gasteiger partial charge in [0.25, 0.3) is 0 Å². The van der Waals surface area contributed by atoms with Gasteiger partial charge >= 0.3 is 0 Å². The van der Waals surface area contributed by atoms with E-state index < -0.39 is 41.3 Å². The molecular weight excluding hydrogens is 256 g/mol. The highest BCUT2D eigenvalue weighted by atomic mass is 19.1. The molecule has 0 radical (unpaired) electrons. The fourth-order valence-electron chi connectivity index (χ4n) is 1.96. The summed E-state index contributed by atoms with van der Waals surface area (Å²) in [5.74, 6) is -3.88. The average Bonchev–Trinajstić information content (AvgIpc) is 2.34. The van der Waals surface area contributed by atoms with Crippen LogP contribution in [0.1, 0.15) is 29.6 Å². The van der Waals surface area contributed by atoms with Gasteiger partial charge in [0, 0.05) is 12.8 Å². The minimum atomic E-state index is -0.998. The van der Waals surface area contributed by atoms with Crippen LogP contribution < -0.4 is 0 Å². The monoisotopic (exact) mass is 267 g/mol. The Labute approximate surface area is 108 Å². The molecule has 1 aliphatic rings. The molecular formula is C13H11F2NO3. The molecule has 0 saturated carbocycles. The molecule has 1 heterocycles. The number of rotatable bonds is 3. The lowest BCUT2D eigenvalue weighted by molar-refractivity contribution is -0.147. The number of likely N-dealkylation sites (tertiary alicyclic amines) is 1. The van der Waals surface area contributed by atoms with Gasteiger partial charge in [-0.15, -0.1) is 0 Å². The van der Waals surface area contributed by atoms with Gasteiger partial charge in [-0.2, -0.15) is 0 Å². The van der Waals surface area contributed by atoms with Crippen LogP contribution in [0, 0.1) is 11.6 Å². The van der Waals surface area contributed by atoms with Crippen LogP contribution in [0.2, 0.25) is 0 Å². The first-order valence-electron chi connectivity index (χ1n) is 5.81. The molecule has 1 fully saturated rings. The van der Waals surface area contributed by atoms with Crippen LogP contribution >= 0.6 is 0 Å². The standard InChI is InChI=1S/C13H11F2NO3/c14-8-3-1-4-9(15)13(8)10(17)7-16-11(18)5-2-6-12(16)19/h1,3-4H,2,5-7H2. The molecule has 1 aromatic rings. The molecule has 0 aliphatic carbocycles. The normalized spacial score (nSPS) is 15.8. The van der Waals surface area contributed by atoms with Gasteiger partial charge in [0.1, 0.15) is 11.6 Å². The Morgan fingerprint density at radius 1 is 1.11 bits per heavy atom. The highest BCUT2D eigenvalue weighted by Gasteiger charge is 2.29. The number of piperidine rings is 1. The van der Waals surface area contributed by atoms with Crippen LogP contribution in [0.5, 0.6) is 0 Å². The Morgan fingerprint density at radius 3 is 2.16 bits per heavy atom. The maximum atomic E-state index is 13.4. The van der Waals surface area contributed by atoms with E-state index in [1.54, 1.807) is 0 Å². The van der Waals surface area contributed by atoms with E-state index in [2.05, 4.69) is 0 Å². The average molecular weight is 267 g/mol. The van der Waals surface area contributed by atoms with Crippen molar-refractivity contribution in [2.45, 2.75) is 19.3 Å². The minimum absolute atomic E-state index is 0.165. The molecule has 1 saturated heterocycles. The molecule has 0 atom stereocenters. The maximum Gasteiger partial charge on any atom is 0.229 e. The molecule has 0 unspecified atom stereocenters. The van der Waals surface area contributed by atoms with E-state index in [1.807, 2.05) is 0 Å². The molecule has 100 valence electrons. The summed E-state index contributed by atoms with van der Waals surface area (Å²) in [5.41, 5.74) is -0.714. The molecule has 1 aromatic carbocycles. The molecule has 2 rings (SSSR count). The molecule has 0 bridgehead atoms. The SMILES string of the molecule is O=C(CN1C(=O)CCCC1=O)c1c(F)cccc1F. The quantitative estimate of drug-likeness (QED) is 0.618. The summed E-state index contributed by atoms with van der Waals surface area (Å²) in [6.45, 7) is -0.616. The van der Waals surface area contributed by atoms with Crippen molar-refractivity contribution < 1.29 is 23.2 Å². The molecule has 2 amide bonds. The van der Waals surface area contributed by atoms with Crippen LogP contribution in [0.3, 0.4) is 0 Å². The Balaban J connectivity index is 2.21. The van der Waals surface area contributed by atoms with Gasteiger partial charge < -0.3 is 0 Å². The van der Waals surface area contributed by atoms with E-state index in [9.17, 15) is 23.2 Å². The molecule has 4 nitrogen and oxygen atoms in total. The summed E-state index contributed by atoms with van der Waals surface area (Å²) in [4.78, 5) is 35.6. The van der Waals surface area contributed by atoms with Gasteiger partial charge in [-0.05, 0) is 18.6 Å². The largest absolute Gasteiger partial charge is 0.292 e. The van der Waals surface area contributed by atoms with E-state index in [0.29, 0.717) is 6.42 Å². The second-order valence-electron chi connectivity index (χ2n) is 4.25. The van der Waals surface area contributed by atoms with Crippen LogP contribution in [-0.4, -0.2) is 29.0 Å². The maximum absolute atomic E-state index is 13.4. The number of ketones is 1. The van der Waals surface area contributed by atoms with Crippen LogP contribution in [-0.2, 0) is 9.59 Å². The van der Waals surface area contributed by atoms with Crippen molar-refractivity contribution in [3.63, 3.8) is 0 Å². The lowest BCUT2D eigenvalue weighted by Crippen LogP contribution is -2.43. The third-order valence-corrected chi connectivity index (χ3v) is 2.93. The number of nitrogens with zero attached hydrogens (tertiary/aromatic N) is 1.